The van der Waals surface area contributed by atoms with Crippen molar-refractivity contribution >= 4 is 34.2 Å². The number of aromatic carboxylic acids is 1. The van der Waals surface area contributed by atoms with Gasteiger partial charge in [-0.05, 0) is 66.9 Å². The molecule has 0 saturated heterocycles. The van der Waals surface area contributed by atoms with Gasteiger partial charge in [0.1, 0.15) is 5.56 Å². The Morgan fingerprint density at radius 3 is 2.30 bits per heavy atom. The molecule has 0 radical (unpaired) electrons. The van der Waals surface area contributed by atoms with Gasteiger partial charge in [-0.15, -0.1) is 0 Å². The SMILES string of the molecule is COc1cccc2cc(C(=O)Nc3cc(C)cc(C)c3)c(=Nc3ccc(C(=O)[O-])cc3)oc12. The number of nitrogens with zero attached hydrogens (tertiary/aromatic N) is 1. The Labute approximate surface area is 190 Å². The predicted molar refractivity (Wildman–Crippen MR) is 123 cm³/mol. The molecular weight excluding hydrogens is 420 g/mol. The molecule has 0 aliphatic heterocycles. The number of ether oxygens (including phenoxy) is 1. The van der Waals surface area contributed by atoms with Crippen LogP contribution in [0.15, 0.2) is 76.1 Å². The monoisotopic (exact) mass is 441 g/mol. The molecule has 0 aliphatic carbocycles. The Hall–Kier alpha value is -4.39. The Morgan fingerprint density at radius 2 is 1.67 bits per heavy atom. The maximum Gasteiger partial charge on any atom is 0.261 e. The van der Waals surface area contributed by atoms with Crippen LogP contribution in [0.25, 0.3) is 11.0 Å². The lowest BCUT2D eigenvalue weighted by Crippen LogP contribution is -2.22. The molecule has 1 N–H and O–H groups in total. The van der Waals surface area contributed by atoms with Crippen LogP contribution in [0.3, 0.4) is 0 Å². The first-order chi connectivity index (χ1) is 15.8. The molecule has 0 atom stereocenters. The molecule has 0 aliphatic rings. The number of benzene rings is 3. The highest BCUT2D eigenvalue weighted by molar-refractivity contribution is 6.05. The molecule has 1 aromatic heterocycles. The minimum absolute atomic E-state index is 0.0267. The van der Waals surface area contributed by atoms with Crippen LogP contribution in [0.2, 0.25) is 0 Å². The van der Waals surface area contributed by atoms with E-state index < -0.39 is 11.9 Å². The van der Waals surface area contributed by atoms with Crippen LogP contribution in [0.4, 0.5) is 11.4 Å². The average molecular weight is 441 g/mol. The average Bonchev–Trinajstić information content (AvgIpc) is 2.77. The van der Waals surface area contributed by atoms with Crippen molar-refractivity contribution in [2.45, 2.75) is 13.8 Å². The van der Waals surface area contributed by atoms with Crippen molar-refractivity contribution in [1.82, 2.24) is 0 Å². The first-order valence-electron chi connectivity index (χ1n) is 10.2. The molecule has 4 rings (SSSR count). The van der Waals surface area contributed by atoms with Crippen LogP contribution in [0.1, 0.15) is 31.8 Å². The fourth-order valence-corrected chi connectivity index (χ4v) is 3.57. The van der Waals surface area contributed by atoms with Gasteiger partial charge in [0, 0.05) is 11.1 Å². The van der Waals surface area contributed by atoms with Crippen LogP contribution in [-0.4, -0.2) is 19.0 Å². The Kier molecular flexibility index (Phi) is 5.95. The fourth-order valence-electron chi connectivity index (χ4n) is 3.57. The van der Waals surface area contributed by atoms with Crippen molar-refractivity contribution in [2.24, 2.45) is 4.99 Å². The van der Waals surface area contributed by atoms with E-state index in [1.165, 1.54) is 31.4 Å². The molecule has 0 unspecified atom stereocenters. The zero-order valence-corrected chi connectivity index (χ0v) is 18.3. The van der Waals surface area contributed by atoms with E-state index in [2.05, 4.69) is 10.3 Å². The number of fused-ring (bicyclic) bond motifs is 1. The van der Waals surface area contributed by atoms with Crippen LogP contribution in [0, 0.1) is 13.8 Å². The number of aryl methyl sites for hydroxylation is 2. The van der Waals surface area contributed by atoms with E-state index in [9.17, 15) is 14.7 Å². The second-order valence-electron chi connectivity index (χ2n) is 7.62. The third-order valence-electron chi connectivity index (χ3n) is 5.02. The summed E-state index contributed by atoms with van der Waals surface area (Å²) in [6.45, 7) is 3.91. The first-order valence-corrected chi connectivity index (χ1v) is 10.2. The summed E-state index contributed by atoms with van der Waals surface area (Å²) in [5.41, 5.74) is 3.87. The van der Waals surface area contributed by atoms with Crippen LogP contribution >= 0.6 is 0 Å². The van der Waals surface area contributed by atoms with Crippen LogP contribution < -0.4 is 20.7 Å². The number of hydrogen-bond donors (Lipinski definition) is 1. The molecule has 7 heteroatoms. The van der Waals surface area contributed by atoms with Gasteiger partial charge < -0.3 is 24.4 Å². The standard InChI is InChI=1S/C26H22N2O5/c1-15-11-16(2)13-20(12-15)27-24(29)21-14-18-5-4-6-22(32-3)23(18)33-25(21)28-19-9-7-17(8-10-19)26(30)31/h4-14H,1-3H3,(H,27,29)(H,30,31)/p-1. The third kappa shape index (κ3) is 4.77. The zero-order valence-electron chi connectivity index (χ0n) is 18.3. The molecule has 0 bridgehead atoms. The molecule has 1 heterocycles. The lowest BCUT2D eigenvalue weighted by Gasteiger charge is -2.10. The normalized spacial score (nSPS) is 11.4. The van der Waals surface area contributed by atoms with E-state index >= 15 is 0 Å². The molecule has 7 nitrogen and oxygen atoms in total. The number of carboxylic acid groups (broad SMARTS) is 1. The van der Waals surface area contributed by atoms with Gasteiger partial charge in [-0.3, -0.25) is 4.79 Å². The van der Waals surface area contributed by atoms with E-state index in [1.54, 1.807) is 18.2 Å². The molecule has 0 fully saturated rings. The summed E-state index contributed by atoms with van der Waals surface area (Å²) in [7, 11) is 1.53. The molecular formula is C26H21N2O5-. The largest absolute Gasteiger partial charge is 0.545 e. The summed E-state index contributed by atoms with van der Waals surface area (Å²) < 4.78 is 11.4. The number of methoxy groups -OCH3 is 1. The summed E-state index contributed by atoms with van der Waals surface area (Å²) in [6.07, 6.45) is 0. The molecule has 166 valence electrons. The summed E-state index contributed by atoms with van der Waals surface area (Å²) in [4.78, 5) is 28.7. The van der Waals surface area contributed by atoms with Crippen molar-refractivity contribution < 1.29 is 23.8 Å². The second-order valence-corrected chi connectivity index (χ2v) is 7.62. The smallest absolute Gasteiger partial charge is 0.261 e. The Balaban J connectivity index is 1.86. The van der Waals surface area contributed by atoms with Gasteiger partial charge in [0.05, 0.1) is 18.8 Å². The molecule has 3 aromatic carbocycles. The summed E-state index contributed by atoms with van der Waals surface area (Å²) >= 11 is 0. The van der Waals surface area contributed by atoms with E-state index in [-0.39, 0.29) is 16.7 Å². The van der Waals surface area contributed by atoms with Crippen molar-refractivity contribution in [3.8, 4) is 5.75 Å². The maximum atomic E-state index is 13.2. The first kappa shape index (κ1) is 21.8. The van der Waals surface area contributed by atoms with Gasteiger partial charge in [-0.25, -0.2) is 4.99 Å². The number of carbonyl (C=O) groups excluding carboxylic acids is 2. The zero-order chi connectivity index (χ0) is 23.5. The lowest BCUT2D eigenvalue weighted by atomic mass is 10.1. The fraction of sp³-hybridized carbons (Fsp3) is 0.115. The number of para-hydroxylation sites is 1. The molecule has 0 spiro atoms. The second kappa shape index (κ2) is 9.00. The van der Waals surface area contributed by atoms with E-state index in [4.69, 9.17) is 9.15 Å². The van der Waals surface area contributed by atoms with Crippen LogP contribution in [0.5, 0.6) is 5.75 Å². The van der Waals surface area contributed by atoms with E-state index in [0.29, 0.717) is 28.1 Å². The number of carbonyl (C=O) groups is 2. The number of carboxylic acids is 1. The van der Waals surface area contributed by atoms with Crippen molar-refractivity contribution in [2.75, 3.05) is 12.4 Å². The number of amides is 1. The molecule has 4 aromatic rings. The van der Waals surface area contributed by atoms with E-state index in [0.717, 1.165) is 11.1 Å². The van der Waals surface area contributed by atoms with Gasteiger partial charge in [0.15, 0.2) is 11.3 Å². The highest BCUT2D eigenvalue weighted by Crippen LogP contribution is 2.25. The Morgan fingerprint density at radius 1 is 0.970 bits per heavy atom. The molecule has 1 amide bonds. The number of nitrogens with one attached hydrogen (secondary N) is 1. The topological polar surface area (TPSA) is 104 Å². The minimum atomic E-state index is -1.28. The molecule has 0 saturated carbocycles. The number of hydrogen-bond acceptors (Lipinski definition) is 6. The van der Waals surface area contributed by atoms with Crippen molar-refractivity contribution in [3.05, 3.63) is 94.5 Å². The predicted octanol–water partition coefficient (Wildman–Crippen LogP) is 3.91. The quantitative estimate of drug-likeness (QED) is 0.506. The minimum Gasteiger partial charge on any atom is -0.545 e. The molecule has 33 heavy (non-hydrogen) atoms. The third-order valence-corrected chi connectivity index (χ3v) is 5.02. The summed E-state index contributed by atoms with van der Waals surface area (Å²) in [6, 6.07) is 18.6. The number of anilines is 1. The summed E-state index contributed by atoms with van der Waals surface area (Å²) in [5, 5.41) is 14.6. The summed E-state index contributed by atoms with van der Waals surface area (Å²) in [5.74, 6) is -1.17. The van der Waals surface area contributed by atoms with Crippen molar-refractivity contribution in [1.29, 1.82) is 0 Å². The van der Waals surface area contributed by atoms with Gasteiger partial charge in [-0.2, -0.15) is 0 Å². The van der Waals surface area contributed by atoms with Gasteiger partial charge >= 0.3 is 0 Å². The van der Waals surface area contributed by atoms with Crippen molar-refractivity contribution in [3.63, 3.8) is 0 Å². The maximum absolute atomic E-state index is 13.2. The van der Waals surface area contributed by atoms with Gasteiger partial charge in [-0.1, -0.05) is 30.3 Å². The highest BCUT2D eigenvalue weighted by atomic mass is 16.5. The number of rotatable bonds is 5. The van der Waals surface area contributed by atoms with Crippen LogP contribution in [-0.2, 0) is 0 Å². The van der Waals surface area contributed by atoms with E-state index in [1.807, 2.05) is 38.1 Å². The van der Waals surface area contributed by atoms with Gasteiger partial charge in [0.2, 0.25) is 5.55 Å². The van der Waals surface area contributed by atoms with Gasteiger partial charge in [0.25, 0.3) is 5.91 Å². The lowest BCUT2D eigenvalue weighted by molar-refractivity contribution is -0.255. The Bertz CT molecular complexity index is 1420. The highest BCUT2D eigenvalue weighted by Gasteiger charge is 2.15.